The number of rotatable bonds is 6. The third kappa shape index (κ3) is 2.42. The largest absolute Gasteiger partial charge is 0.350 e. The number of nitrogens with zero attached hydrogens (tertiary/aromatic N) is 2. The predicted octanol–water partition coefficient (Wildman–Crippen LogP) is 1.96. The van der Waals surface area contributed by atoms with Crippen molar-refractivity contribution in [3.05, 3.63) is 36.5 Å². The molecule has 0 unspecified atom stereocenters. The zero-order valence-corrected chi connectivity index (χ0v) is 9.82. The van der Waals surface area contributed by atoms with Crippen LogP contribution in [0.5, 0.6) is 0 Å². The molecule has 0 amide bonds. The summed E-state index contributed by atoms with van der Waals surface area (Å²) in [4.78, 5) is 6.88. The van der Waals surface area contributed by atoms with E-state index in [1.165, 1.54) is 18.4 Å². The molecule has 0 saturated heterocycles. The van der Waals surface area contributed by atoms with Gasteiger partial charge in [0.2, 0.25) is 0 Å². The molecule has 1 heterocycles. The molecule has 0 bridgehead atoms. The van der Waals surface area contributed by atoms with Crippen LogP contribution in [0.15, 0.2) is 31.0 Å². The average molecular weight is 217 g/mol. The molecule has 0 spiro atoms. The molecule has 0 aliphatic heterocycles. The van der Waals surface area contributed by atoms with E-state index in [2.05, 4.69) is 27.8 Å². The van der Waals surface area contributed by atoms with Crippen molar-refractivity contribution in [3.8, 4) is 0 Å². The summed E-state index contributed by atoms with van der Waals surface area (Å²) >= 11 is 0. The van der Waals surface area contributed by atoms with Crippen LogP contribution in [-0.4, -0.2) is 24.6 Å². The maximum Gasteiger partial charge on any atom is 0.133 e. The van der Waals surface area contributed by atoms with Gasteiger partial charge in [0, 0.05) is 30.9 Å². The van der Waals surface area contributed by atoms with E-state index >= 15 is 0 Å². The maximum atomic E-state index is 4.52. The third-order valence-corrected chi connectivity index (χ3v) is 2.82. The highest BCUT2D eigenvalue weighted by atomic mass is 15.2. The molecular formula is C13H19N3. The molecule has 1 saturated carbocycles. The van der Waals surface area contributed by atoms with Crippen LogP contribution >= 0.6 is 0 Å². The van der Waals surface area contributed by atoms with Crippen LogP contribution in [0.3, 0.4) is 0 Å². The molecule has 86 valence electrons. The zero-order valence-electron chi connectivity index (χ0n) is 9.82. The quantitative estimate of drug-likeness (QED) is 0.738. The number of hydrogen-bond acceptors (Lipinski definition) is 3. The zero-order chi connectivity index (χ0) is 11.4. The molecule has 1 aliphatic carbocycles. The SMILES string of the molecule is C=CCN(c1ncccc1CNC)C1CC1. The van der Waals surface area contributed by atoms with Gasteiger partial charge in [0.25, 0.3) is 0 Å². The molecule has 1 aliphatic rings. The number of aromatic nitrogens is 1. The third-order valence-electron chi connectivity index (χ3n) is 2.82. The summed E-state index contributed by atoms with van der Waals surface area (Å²) in [6.45, 7) is 5.58. The lowest BCUT2D eigenvalue weighted by molar-refractivity contribution is 0.781. The van der Waals surface area contributed by atoms with Gasteiger partial charge in [-0.3, -0.25) is 0 Å². The molecule has 16 heavy (non-hydrogen) atoms. The van der Waals surface area contributed by atoms with Gasteiger partial charge in [0.1, 0.15) is 5.82 Å². The Morgan fingerprint density at radius 1 is 1.62 bits per heavy atom. The second kappa shape index (κ2) is 5.12. The molecule has 3 heteroatoms. The van der Waals surface area contributed by atoms with Gasteiger partial charge in [-0.1, -0.05) is 12.1 Å². The van der Waals surface area contributed by atoms with E-state index in [1.807, 2.05) is 25.4 Å². The molecule has 3 nitrogen and oxygen atoms in total. The number of hydrogen-bond donors (Lipinski definition) is 1. The highest BCUT2D eigenvalue weighted by Crippen LogP contribution is 2.32. The van der Waals surface area contributed by atoms with Gasteiger partial charge in [-0.2, -0.15) is 0 Å². The summed E-state index contributed by atoms with van der Waals surface area (Å²) in [6, 6.07) is 4.80. The van der Waals surface area contributed by atoms with Crippen LogP contribution in [0.4, 0.5) is 5.82 Å². The Balaban J connectivity index is 2.24. The monoisotopic (exact) mass is 217 g/mol. The Morgan fingerprint density at radius 2 is 2.44 bits per heavy atom. The Morgan fingerprint density at radius 3 is 3.06 bits per heavy atom. The van der Waals surface area contributed by atoms with E-state index in [1.54, 1.807) is 0 Å². The van der Waals surface area contributed by atoms with Gasteiger partial charge in [-0.25, -0.2) is 4.98 Å². The fourth-order valence-corrected chi connectivity index (χ4v) is 1.95. The van der Waals surface area contributed by atoms with Crippen molar-refractivity contribution in [1.29, 1.82) is 0 Å². The molecule has 1 aromatic rings. The van der Waals surface area contributed by atoms with Gasteiger partial charge >= 0.3 is 0 Å². The van der Waals surface area contributed by atoms with Gasteiger partial charge < -0.3 is 10.2 Å². The van der Waals surface area contributed by atoms with Crippen molar-refractivity contribution in [2.24, 2.45) is 0 Å². The summed E-state index contributed by atoms with van der Waals surface area (Å²) in [5.41, 5.74) is 1.26. The van der Waals surface area contributed by atoms with E-state index in [-0.39, 0.29) is 0 Å². The lowest BCUT2D eigenvalue weighted by Crippen LogP contribution is -2.28. The molecule has 1 fully saturated rings. The fourth-order valence-electron chi connectivity index (χ4n) is 1.95. The molecular weight excluding hydrogens is 198 g/mol. The minimum absolute atomic E-state index is 0.670. The van der Waals surface area contributed by atoms with E-state index in [0.717, 1.165) is 18.9 Å². The number of pyridine rings is 1. The van der Waals surface area contributed by atoms with Crippen molar-refractivity contribution in [3.63, 3.8) is 0 Å². The van der Waals surface area contributed by atoms with E-state index < -0.39 is 0 Å². The fraction of sp³-hybridized carbons (Fsp3) is 0.462. The average Bonchev–Trinajstić information content (AvgIpc) is 3.11. The van der Waals surface area contributed by atoms with Crippen LogP contribution in [0.1, 0.15) is 18.4 Å². The summed E-state index contributed by atoms with van der Waals surface area (Å²) in [5, 5.41) is 3.19. The molecule has 0 radical (unpaired) electrons. The van der Waals surface area contributed by atoms with E-state index in [4.69, 9.17) is 0 Å². The minimum atomic E-state index is 0.670. The van der Waals surface area contributed by atoms with E-state index in [0.29, 0.717) is 6.04 Å². The topological polar surface area (TPSA) is 28.2 Å². The Labute approximate surface area is 97.2 Å². The molecule has 1 aromatic heterocycles. The van der Waals surface area contributed by atoms with Crippen LogP contribution in [0, 0.1) is 0 Å². The Bertz CT molecular complexity index is 358. The van der Waals surface area contributed by atoms with Crippen molar-refractivity contribution >= 4 is 5.82 Å². The van der Waals surface area contributed by atoms with Crippen molar-refractivity contribution in [1.82, 2.24) is 10.3 Å². The summed E-state index contributed by atoms with van der Waals surface area (Å²) in [5.74, 6) is 1.11. The molecule has 1 N–H and O–H groups in total. The minimum Gasteiger partial charge on any atom is -0.350 e. The van der Waals surface area contributed by atoms with E-state index in [9.17, 15) is 0 Å². The van der Waals surface area contributed by atoms with Crippen molar-refractivity contribution in [2.75, 3.05) is 18.5 Å². The first-order valence-corrected chi connectivity index (χ1v) is 5.83. The molecule has 0 aromatic carbocycles. The van der Waals surface area contributed by atoms with Gasteiger partial charge in [0.05, 0.1) is 0 Å². The molecule has 2 rings (SSSR count). The van der Waals surface area contributed by atoms with Crippen molar-refractivity contribution < 1.29 is 0 Å². The first-order chi connectivity index (χ1) is 7.86. The van der Waals surface area contributed by atoms with Crippen LogP contribution in [0.2, 0.25) is 0 Å². The van der Waals surface area contributed by atoms with Crippen LogP contribution < -0.4 is 10.2 Å². The number of anilines is 1. The second-order valence-corrected chi connectivity index (χ2v) is 4.19. The predicted molar refractivity (Wildman–Crippen MR) is 67.6 cm³/mol. The standard InChI is InChI=1S/C13H19N3/c1-3-9-16(12-6-7-12)13-11(10-14-2)5-4-8-15-13/h3-5,8,12,14H,1,6-7,9-10H2,2H3. The number of nitrogens with one attached hydrogen (secondary N) is 1. The van der Waals surface area contributed by atoms with Crippen LogP contribution in [0.25, 0.3) is 0 Å². The summed E-state index contributed by atoms with van der Waals surface area (Å²) in [7, 11) is 1.96. The second-order valence-electron chi connectivity index (χ2n) is 4.19. The normalized spacial score (nSPS) is 14.8. The summed E-state index contributed by atoms with van der Waals surface area (Å²) in [6.07, 6.45) is 6.38. The first-order valence-electron chi connectivity index (χ1n) is 5.83. The Kier molecular flexibility index (Phi) is 3.57. The van der Waals surface area contributed by atoms with Gasteiger partial charge in [-0.15, -0.1) is 6.58 Å². The lowest BCUT2D eigenvalue weighted by Gasteiger charge is -2.24. The van der Waals surface area contributed by atoms with Crippen molar-refractivity contribution in [2.45, 2.75) is 25.4 Å². The van der Waals surface area contributed by atoms with Gasteiger partial charge in [0.15, 0.2) is 0 Å². The Hall–Kier alpha value is -1.35. The lowest BCUT2D eigenvalue weighted by atomic mass is 10.2. The highest BCUT2D eigenvalue weighted by Gasteiger charge is 2.30. The van der Waals surface area contributed by atoms with Crippen LogP contribution in [-0.2, 0) is 6.54 Å². The summed E-state index contributed by atoms with van der Waals surface area (Å²) < 4.78 is 0. The smallest absolute Gasteiger partial charge is 0.133 e. The molecule has 0 atom stereocenters. The highest BCUT2D eigenvalue weighted by molar-refractivity contribution is 5.49. The maximum absolute atomic E-state index is 4.52. The van der Waals surface area contributed by atoms with Gasteiger partial charge in [-0.05, 0) is 26.0 Å². The first kappa shape index (κ1) is 11.1.